The molecule has 0 spiro atoms. The van der Waals surface area contributed by atoms with Crippen LogP contribution in [0.5, 0.6) is 0 Å². The third kappa shape index (κ3) is 7.02. The molecule has 1 aromatic rings. The first kappa shape index (κ1) is 19.5. The molecule has 0 saturated heterocycles. The molecule has 0 fully saturated rings. The highest BCUT2D eigenvalue weighted by Crippen LogP contribution is 2.18. The predicted octanol–water partition coefficient (Wildman–Crippen LogP) is 3.38. The van der Waals surface area contributed by atoms with E-state index in [1.54, 1.807) is 50.4 Å². The van der Waals surface area contributed by atoms with Gasteiger partial charge in [-0.3, -0.25) is 4.79 Å². The van der Waals surface area contributed by atoms with Crippen molar-refractivity contribution in [3.05, 3.63) is 34.3 Å². The van der Waals surface area contributed by atoms with Gasteiger partial charge in [0.05, 0.1) is 0 Å². The lowest BCUT2D eigenvalue weighted by atomic mass is 10.1. The van der Waals surface area contributed by atoms with Crippen molar-refractivity contribution in [3.63, 3.8) is 0 Å². The third-order valence-corrected chi connectivity index (χ3v) is 3.14. The molecule has 0 aliphatic heterocycles. The first-order chi connectivity index (χ1) is 10.4. The lowest BCUT2D eigenvalue weighted by molar-refractivity contribution is -0.177. The average molecular weight is 396 g/mol. The van der Waals surface area contributed by atoms with Crippen LogP contribution in [-0.4, -0.2) is 29.7 Å². The Bertz CT molecular complexity index is 565. The van der Waals surface area contributed by atoms with E-state index in [4.69, 9.17) is 4.74 Å². The summed E-state index contributed by atoms with van der Waals surface area (Å²) in [6.07, 6.45) is -5.18. The molecule has 1 rings (SSSR count). The van der Waals surface area contributed by atoms with Gasteiger partial charge in [-0.05, 0) is 38.5 Å². The fourth-order valence-corrected chi connectivity index (χ4v) is 1.93. The van der Waals surface area contributed by atoms with Crippen molar-refractivity contribution < 1.29 is 27.5 Å². The second kappa shape index (κ2) is 7.33. The number of ether oxygens (including phenoxy) is 1. The Balaban J connectivity index is 2.93. The number of rotatable bonds is 4. The van der Waals surface area contributed by atoms with Gasteiger partial charge in [-0.1, -0.05) is 28.1 Å². The molecule has 8 heteroatoms. The van der Waals surface area contributed by atoms with Crippen molar-refractivity contribution >= 4 is 27.8 Å². The summed E-state index contributed by atoms with van der Waals surface area (Å²) in [5, 5.41) is 1.69. The van der Waals surface area contributed by atoms with Gasteiger partial charge >= 0.3 is 18.1 Å². The van der Waals surface area contributed by atoms with E-state index in [1.165, 1.54) is 0 Å². The molecule has 1 amide bonds. The Morgan fingerprint density at radius 1 is 1.17 bits per heavy atom. The van der Waals surface area contributed by atoms with E-state index in [9.17, 15) is 22.8 Å². The minimum Gasteiger partial charge on any atom is -0.458 e. The zero-order valence-corrected chi connectivity index (χ0v) is 14.4. The van der Waals surface area contributed by atoms with Crippen LogP contribution in [0.1, 0.15) is 26.3 Å². The zero-order valence-electron chi connectivity index (χ0n) is 12.8. The van der Waals surface area contributed by atoms with Crippen LogP contribution in [0.3, 0.4) is 0 Å². The number of esters is 1. The molecule has 0 aliphatic carbocycles. The highest BCUT2D eigenvalue weighted by Gasteiger charge is 2.41. The summed E-state index contributed by atoms with van der Waals surface area (Å²) in [6, 6.07) is 5.23. The molecule has 128 valence electrons. The summed E-state index contributed by atoms with van der Waals surface area (Å²) in [5.74, 6) is -3.09. The molecule has 0 aromatic heterocycles. The van der Waals surface area contributed by atoms with E-state index in [-0.39, 0.29) is 6.42 Å². The first-order valence-electron chi connectivity index (χ1n) is 6.73. The normalized spacial score (nSPS) is 13.3. The molecule has 0 unspecified atom stereocenters. The van der Waals surface area contributed by atoms with Gasteiger partial charge in [0, 0.05) is 10.9 Å². The molecule has 0 bridgehead atoms. The summed E-state index contributed by atoms with van der Waals surface area (Å²) in [5.41, 5.74) is -0.288. The number of alkyl halides is 3. The van der Waals surface area contributed by atoms with E-state index >= 15 is 0 Å². The maximum atomic E-state index is 12.4. The summed E-state index contributed by atoms with van der Waals surface area (Å²) in [4.78, 5) is 23.2. The van der Waals surface area contributed by atoms with Crippen LogP contribution in [0.15, 0.2) is 28.7 Å². The Kier molecular flexibility index (Phi) is 6.21. The standard InChI is InChI=1S/C15H17BrF3NO3/c1-14(2,3)23-12(21)11(20-13(22)15(17,18)19)8-9-4-6-10(16)7-5-9/h4-7,11H,8H2,1-3H3,(H,20,22)/t11-/m1/s1. The molecule has 1 aromatic carbocycles. The number of benzene rings is 1. The van der Waals surface area contributed by atoms with Crippen molar-refractivity contribution in [1.82, 2.24) is 5.32 Å². The van der Waals surface area contributed by atoms with Crippen LogP contribution in [0.25, 0.3) is 0 Å². The number of amides is 1. The van der Waals surface area contributed by atoms with E-state index < -0.39 is 29.7 Å². The van der Waals surface area contributed by atoms with Gasteiger partial charge in [0.2, 0.25) is 0 Å². The number of nitrogens with one attached hydrogen (secondary N) is 1. The maximum Gasteiger partial charge on any atom is 0.471 e. The summed E-state index contributed by atoms with van der Waals surface area (Å²) in [7, 11) is 0. The van der Waals surface area contributed by atoms with Crippen molar-refractivity contribution in [2.24, 2.45) is 0 Å². The highest BCUT2D eigenvalue weighted by molar-refractivity contribution is 9.10. The van der Waals surface area contributed by atoms with E-state index in [1.807, 2.05) is 0 Å². The van der Waals surface area contributed by atoms with Gasteiger partial charge in [-0.25, -0.2) is 4.79 Å². The molecular formula is C15H17BrF3NO3. The SMILES string of the molecule is CC(C)(C)OC(=O)[C@@H](Cc1ccc(Br)cc1)NC(=O)C(F)(F)F. The molecule has 0 aliphatic rings. The van der Waals surface area contributed by atoms with E-state index in [0.29, 0.717) is 5.56 Å². The molecule has 1 N–H and O–H groups in total. The Morgan fingerprint density at radius 2 is 1.70 bits per heavy atom. The minimum atomic E-state index is -5.07. The van der Waals surface area contributed by atoms with Crippen molar-refractivity contribution in [1.29, 1.82) is 0 Å². The molecule has 23 heavy (non-hydrogen) atoms. The van der Waals surface area contributed by atoms with Crippen LogP contribution in [0.4, 0.5) is 13.2 Å². The second-order valence-electron chi connectivity index (χ2n) is 5.89. The van der Waals surface area contributed by atoms with E-state index in [2.05, 4.69) is 15.9 Å². The lowest BCUT2D eigenvalue weighted by Crippen LogP contribution is -2.49. The fraction of sp³-hybridized carbons (Fsp3) is 0.467. The number of carbonyl (C=O) groups excluding carboxylic acids is 2. The smallest absolute Gasteiger partial charge is 0.458 e. The second-order valence-corrected chi connectivity index (χ2v) is 6.80. The van der Waals surface area contributed by atoms with Gasteiger partial charge in [-0.15, -0.1) is 0 Å². The topological polar surface area (TPSA) is 55.4 Å². The predicted molar refractivity (Wildman–Crippen MR) is 81.7 cm³/mol. The fourth-order valence-electron chi connectivity index (χ4n) is 1.66. The summed E-state index contributed by atoms with van der Waals surface area (Å²) >= 11 is 3.24. The summed E-state index contributed by atoms with van der Waals surface area (Å²) < 4.78 is 43.2. The number of hydrogen-bond acceptors (Lipinski definition) is 3. The maximum absolute atomic E-state index is 12.4. The van der Waals surface area contributed by atoms with Crippen molar-refractivity contribution in [2.45, 2.75) is 45.0 Å². The van der Waals surface area contributed by atoms with Gasteiger partial charge in [-0.2, -0.15) is 13.2 Å². The third-order valence-electron chi connectivity index (χ3n) is 2.61. The molecule has 1 atom stereocenters. The minimum absolute atomic E-state index is 0.107. The van der Waals surface area contributed by atoms with Crippen LogP contribution in [0.2, 0.25) is 0 Å². The van der Waals surface area contributed by atoms with Gasteiger partial charge in [0.15, 0.2) is 0 Å². The Labute approximate surface area is 140 Å². The largest absolute Gasteiger partial charge is 0.471 e. The average Bonchev–Trinajstić information content (AvgIpc) is 2.37. The number of hydrogen-bond donors (Lipinski definition) is 1. The summed E-state index contributed by atoms with van der Waals surface area (Å²) in [6.45, 7) is 4.77. The Hall–Kier alpha value is -1.57. The Morgan fingerprint density at radius 3 is 2.13 bits per heavy atom. The first-order valence-corrected chi connectivity index (χ1v) is 7.53. The van der Waals surface area contributed by atoms with Crippen LogP contribution in [-0.2, 0) is 20.7 Å². The lowest BCUT2D eigenvalue weighted by Gasteiger charge is -2.25. The quantitative estimate of drug-likeness (QED) is 0.795. The van der Waals surface area contributed by atoms with Gasteiger partial charge in [0.25, 0.3) is 0 Å². The molecule has 0 radical (unpaired) electrons. The zero-order chi connectivity index (χ0) is 17.8. The van der Waals surface area contributed by atoms with Crippen LogP contribution < -0.4 is 5.32 Å². The highest BCUT2D eigenvalue weighted by atomic mass is 79.9. The molecule has 0 heterocycles. The number of halogens is 4. The molecule has 4 nitrogen and oxygen atoms in total. The van der Waals surface area contributed by atoms with Crippen LogP contribution >= 0.6 is 15.9 Å². The van der Waals surface area contributed by atoms with Gasteiger partial charge < -0.3 is 10.1 Å². The van der Waals surface area contributed by atoms with Crippen molar-refractivity contribution in [3.8, 4) is 0 Å². The molecular weight excluding hydrogens is 379 g/mol. The molecule has 0 saturated carbocycles. The number of carbonyl (C=O) groups is 2. The van der Waals surface area contributed by atoms with Crippen LogP contribution in [0, 0.1) is 0 Å². The van der Waals surface area contributed by atoms with Crippen molar-refractivity contribution in [2.75, 3.05) is 0 Å². The van der Waals surface area contributed by atoms with Gasteiger partial charge in [0.1, 0.15) is 11.6 Å². The van der Waals surface area contributed by atoms with E-state index in [0.717, 1.165) is 4.47 Å². The monoisotopic (exact) mass is 395 g/mol.